The van der Waals surface area contributed by atoms with Crippen LogP contribution in [0.5, 0.6) is 0 Å². The van der Waals surface area contributed by atoms with Crippen LogP contribution in [0.25, 0.3) is 11.3 Å². The van der Waals surface area contributed by atoms with Crippen LogP contribution in [-0.4, -0.2) is 52.2 Å². The molecule has 2 aromatic heterocycles. The second-order valence-corrected chi connectivity index (χ2v) is 8.45. The molecule has 1 aliphatic carbocycles. The summed E-state index contributed by atoms with van der Waals surface area (Å²) in [6.07, 6.45) is 4.80. The maximum atomic E-state index is 9.55. The number of carbonyl (C=O) groups is 2. The van der Waals surface area contributed by atoms with Crippen LogP contribution in [0, 0.1) is 0 Å². The van der Waals surface area contributed by atoms with Gasteiger partial charge in [-0.3, -0.25) is 0 Å². The summed E-state index contributed by atoms with van der Waals surface area (Å²) in [5.41, 5.74) is 2.71. The largest absolute Gasteiger partial charge is 0.478 e. The second-order valence-electron chi connectivity index (χ2n) is 6.34. The van der Waals surface area contributed by atoms with Crippen LogP contribution < -0.4 is 0 Å². The van der Waals surface area contributed by atoms with Crippen LogP contribution in [0.4, 0.5) is 0 Å². The van der Waals surface area contributed by atoms with Gasteiger partial charge >= 0.3 is 11.9 Å². The Bertz CT molecular complexity index is 824. The van der Waals surface area contributed by atoms with Gasteiger partial charge in [0.2, 0.25) is 0 Å². The highest BCUT2D eigenvalue weighted by Crippen LogP contribution is 2.41. The highest BCUT2D eigenvalue weighted by molar-refractivity contribution is 7.12. The van der Waals surface area contributed by atoms with Gasteiger partial charge in [0.25, 0.3) is 0 Å². The van der Waals surface area contributed by atoms with Gasteiger partial charge in [0.15, 0.2) is 0 Å². The quantitative estimate of drug-likeness (QED) is 0.780. The summed E-state index contributed by atoms with van der Waals surface area (Å²) >= 11 is 3.86. The molecule has 0 amide bonds. The van der Waals surface area contributed by atoms with E-state index in [-0.39, 0.29) is 0 Å². The summed E-state index contributed by atoms with van der Waals surface area (Å²) < 4.78 is 0. The molecule has 2 N–H and O–H groups in total. The molecule has 1 unspecified atom stereocenters. The van der Waals surface area contributed by atoms with E-state index in [1.165, 1.54) is 58.4 Å². The van der Waals surface area contributed by atoms with Crippen molar-refractivity contribution in [2.24, 2.45) is 0 Å². The van der Waals surface area contributed by atoms with E-state index in [0.29, 0.717) is 18.1 Å². The van der Waals surface area contributed by atoms with Crippen molar-refractivity contribution in [3.05, 3.63) is 38.4 Å². The molecule has 1 aliphatic heterocycles. The van der Waals surface area contributed by atoms with Crippen LogP contribution in [-0.2, 0) is 22.4 Å². The molecule has 1 fully saturated rings. The Morgan fingerprint density at radius 1 is 1.23 bits per heavy atom. The molecule has 6 nitrogen and oxygen atoms in total. The lowest BCUT2D eigenvalue weighted by Gasteiger charge is -2.09. The van der Waals surface area contributed by atoms with Gasteiger partial charge in [-0.1, -0.05) is 0 Å². The monoisotopic (exact) mass is 392 g/mol. The van der Waals surface area contributed by atoms with E-state index in [2.05, 4.69) is 23.4 Å². The van der Waals surface area contributed by atoms with Crippen LogP contribution in [0.3, 0.4) is 0 Å². The first-order valence-corrected chi connectivity index (χ1v) is 10.0. The number of nitrogens with zero attached hydrogens (tertiary/aromatic N) is 2. The van der Waals surface area contributed by atoms with E-state index in [1.807, 2.05) is 22.7 Å². The summed E-state index contributed by atoms with van der Waals surface area (Å²) in [7, 11) is 2.21. The molecular weight excluding hydrogens is 372 g/mol. The third-order valence-electron chi connectivity index (χ3n) is 4.40. The first-order chi connectivity index (χ1) is 12.4. The maximum absolute atomic E-state index is 9.55. The lowest BCUT2D eigenvalue weighted by Crippen LogP contribution is -2.13. The van der Waals surface area contributed by atoms with Gasteiger partial charge in [0.05, 0.1) is 10.7 Å². The minimum Gasteiger partial charge on any atom is -0.478 e. The molecular formula is C18H20N2O4S2. The molecule has 2 aromatic rings. The number of thiophene rings is 1. The second kappa shape index (κ2) is 8.11. The zero-order valence-electron chi connectivity index (χ0n) is 14.3. The standard InChI is InChI=1S/C14H16N2S2.C4H4O4/c1-16-6-4-9(8-16)14-15-13-10-5-7-17-11(10)2-3-12(13)18-14;5-3(6)1-2-4(7)8/h5,7,9H,2-4,6,8H2,1H3;1-2H,(H,5,6)(H,7,8)/b;2-1+. The molecule has 0 aromatic carbocycles. The van der Waals surface area contributed by atoms with E-state index in [4.69, 9.17) is 15.2 Å². The lowest BCUT2D eigenvalue weighted by molar-refractivity contribution is -0.134. The summed E-state index contributed by atoms with van der Waals surface area (Å²) in [5.74, 6) is -1.84. The first kappa shape index (κ1) is 18.8. The fourth-order valence-corrected chi connectivity index (χ4v) is 5.26. The predicted octanol–water partition coefficient (Wildman–Crippen LogP) is 3.10. The van der Waals surface area contributed by atoms with Gasteiger partial charge in [-0.05, 0) is 44.3 Å². The fraction of sp³-hybridized carbons (Fsp3) is 0.389. The Morgan fingerprint density at radius 3 is 2.54 bits per heavy atom. The molecule has 8 heteroatoms. The van der Waals surface area contributed by atoms with E-state index >= 15 is 0 Å². The number of fused-ring (bicyclic) bond motifs is 3. The number of aliphatic carboxylic acids is 2. The van der Waals surface area contributed by atoms with Gasteiger partial charge < -0.3 is 15.1 Å². The molecule has 4 rings (SSSR count). The molecule has 26 heavy (non-hydrogen) atoms. The lowest BCUT2D eigenvalue weighted by atomic mass is 10.0. The van der Waals surface area contributed by atoms with Crippen molar-refractivity contribution in [1.82, 2.24) is 9.88 Å². The Morgan fingerprint density at radius 2 is 1.92 bits per heavy atom. The normalized spacial score (nSPS) is 18.9. The van der Waals surface area contributed by atoms with Crippen molar-refractivity contribution in [2.75, 3.05) is 20.1 Å². The number of hydrogen-bond donors (Lipinski definition) is 2. The Kier molecular flexibility index (Phi) is 5.85. The maximum Gasteiger partial charge on any atom is 0.328 e. The van der Waals surface area contributed by atoms with E-state index < -0.39 is 11.9 Å². The number of rotatable bonds is 3. The number of aryl methyl sites for hydroxylation is 2. The van der Waals surface area contributed by atoms with E-state index in [0.717, 1.165) is 0 Å². The highest BCUT2D eigenvalue weighted by Gasteiger charge is 2.28. The molecule has 1 saturated heterocycles. The van der Waals surface area contributed by atoms with Gasteiger partial charge in [-0.15, -0.1) is 22.7 Å². The van der Waals surface area contributed by atoms with Crippen molar-refractivity contribution >= 4 is 34.6 Å². The fourth-order valence-electron chi connectivity index (χ4n) is 3.18. The zero-order chi connectivity index (χ0) is 18.7. The first-order valence-electron chi connectivity index (χ1n) is 8.33. The molecule has 0 bridgehead atoms. The Balaban J connectivity index is 0.000000211. The van der Waals surface area contributed by atoms with Gasteiger partial charge in [-0.25, -0.2) is 14.6 Å². The average Bonchev–Trinajstić information content (AvgIpc) is 3.30. The average molecular weight is 393 g/mol. The van der Waals surface area contributed by atoms with Crippen LogP contribution in [0.1, 0.15) is 27.1 Å². The smallest absolute Gasteiger partial charge is 0.328 e. The molecule has 1 atom stereocenters. The Labute approximate surface area is 159 Å². The van der Waals surface area contributed by atoms with E-state index in [9.17, 15) is 9.59 Å². The Hall–Kier alpha value is -2.03. The topological polar surface area (TPSA) is 90.7 Å². The minimum absolute atomic E-state index is 0.558. The van der Waals surface area contributed by atoms with Gasteiger partial charge in [0.1, 0.15) is 0 Å². The SMILES string of the molecule is CN1CCC(c2nc3c(s2)CCc2sccc2-3)C1.O=C(O)/C=C/C(=O)O. The van der Waals surface area contributed by atoms with Crippen molar-refractivity contribution < 1.29 is 19.8 Å². The third kappa shape index (κ3) is 4.38. The molecule has 0 saturated carbocycles. The van der Waals surface area contributed by atoms with Crippen molar-refractivity contribution in [1.29, 1.82) is 0 Å². The zero-order valence-corrected chi connectivity index (χ0v) is 16.0. The van der Waals surface area contributed by atoms with E-state index in [1.54, 1.807) is 0 Å². The summed E-state index contributed by atoms with van der Waals surface area (Å²) in [5, 5.41) is 19.2. The third-order valence-corrected chi connectivity index (χ3v) is 6.66. The van der Waals surface area contributed by atoms with Crippen LogP contribution in [0.2, 0.25) is 0 Å². The highest BCUT2D eigenvalue weighted by atomic mass is 32.1. The molecule has 3 heterocycles. The molecule has 2 aliphatic rings. The van der Waals surface area contributed by atoms with Gasteiger partial charge in [-0.2, -0.15) is 0 Å². The number of likely N-dealkylation sites (tertiary alicyclic amines) is 1. The van der Waals surface area contributed by atoms with Crippen molar-refractivity contribution in [2.45, 2.75) is 25.2 Å². The van der Waals surface area contributed by atoms with Gasteiger partial charge in [0, 0.05) is 39.9 Å². The number of likely N-dealkylation sites (N-methyl/N-ethyl adjacent to an activating group) is 1. The van der Waals surface area contributed by atoms with Crippen LogP contribution >= 0.6 is 22.7 Å². The predicted molar refractivity (Wildman–Crippen MR) is 102 cm³/mol. The molecule has 0 radical (unpaired) electrons. The van der Waals surface area contributed by atoms with Crippen molar-refractivity contribution in [3.63, 3.8) is 0 Å². The van der Waals surface area contributed by atoms with Crippen molar-refractivity contribution in [3.8, 4) is 11.3 Å². The number of thiazole rings is 1. The van der Waals surface area contributed by atoms with Crippen LogP contribution in [0.15, 0.2) is 23.6 Å². The summed E-state index contributed by atoms with van der Waals surface area (Å²) in [4.78, 5) is 29.6. The number of carboxylic acid groups (broad SMARTS) is 2. The summed E-state index contributed by atoms with van der Waals surface area (Å²) in [6, 6.07) is 2.25. The molecule has 0 spiro atoms. The number of hydrogen-bond acceptors (Lipinski definition) is 6. The summed E-state index contributed by atoms with van der Waals surface area (Å²) in [6.45, 7) is 2.40. The number of carboxylic acids is 2. The minimum atomic E-state index is -1.26. The number of aromatic nitrogens is 1. The molecule has 138 valence electrons.